The van der Waals surface area contributed by atoms with E-state index in [1.54, 1.807) is 0 Å². The van der Waals surface area contributed by atoms with Crippen molar-refractivity contribution in [2.75, 3.05) is 18.0 Å². The van der Waals surface area contributed by atoms with E-state index in [2.05, 4.69) is 69.0 Å². The summed E-state index contributed by atoms with van der Waals surface area (Å²) in [6.45, 7) is 11.7. The molecule has 0 N–H and O–H groups in total. The van der Waals surface area contributed by atoms with E-state index in [0.717, 1.165) is 29.4 Å². The third-order valence-corrected chi connectivity index (χ3v) is 7.69. The van der Waals surface area contributed by atoms with E-state index in [9.17, 15) is 10.5 Å². The first-order chi connectivity index (χ1) is 15.7. The second-order valence-corrected chi connectivity index (χ2v) is 10.7. The van der Waals surface area contributed by atoms with Crippen LogP contribution in [0.1, 0.15) is 73.9 Å². The number of fused-ring (bicyclic) bond motifs is 1. The van der Waals surface area contributed by atoms with Crippen molar-refractivity contribution in [3.8, 4) is 12.1 Å². The molecule has 2 heterocycles. The Balaban J connectivity index is 1.68. The lowest BCUT2D eigenvalue weighted by Gasteiger charge is -2.48. The molecule has 0 saturated heterocycles. The third-order valence-electron chi connectivity index (χ3n) is 7.69. The van der Waals surface area contributed by atoms with Gasteiger partial charge in [0, 0.05) is 29.5 Å². The molecule has 0 aliphatic carbocycles. The average Bonchev–Trinajstić information content (AvgIpc) is 2.80. The highest BCUT2D eigenvalue weighted by Crippen LogP contribution is 2.49. The molecule has 3 aromatic rings. The maximum Gasteiger partial charge on any atom is 0.0998 e. The molecule has 0 amide bonds. The summed E-state index contributed by atoms with van der Waals surface area (Å²) in [5, 5.41) is 20.9. The second kappa shape index (κ2) is 7.50. The summed E-state index contributed by atoms with van der Waals surface area (Å²) in [5.74, 6) is 0. The van der Waals surface area contributed by atoms with E-state index in [1.165, 1.54) is 35.2 Å². The van der Waals surface area contributed by atoms with Gasteiger partial charge in [0.2, 0.25) is 0 Å². The van der Waals surface area contributed by atoms with Gasteiger partial charge in [-0.3, -0.25) is 0 Å². The van der Waals surface area contributed by atoms with Crippen molar-refractivity contribution in [1.29, 1.82) is 10.5 Å². The fourth-order valence-electron chi connectivity index (χ4n) is 5.51. The first kappa shape index (κ1) is 21.3. The number of rotatable bonds is 2. The third kappa shape index (κ3) is 3.40. The lowest BCUT2D eigenvalue weighted by atomic mass is 9.69. The summed E-state index contributed by atoms with van der Waals surface area (Å²) in [7, 11) is 0. The van der Waals surface area contributed by atoms with Crippen molar-refractivity contribution in [3.63, 3.8) is 0 Å². The van der Waals surface area contributed by atoms with Crippen molar-refractivity contribution in [3.05, 3.63) is 75.8 Å². The summed E-state index contributed by atoms with van der Waals surface area (Å²) in [5.41, 5.74) is 7.99. The van der Waals surface area contributed by atoms with E-state index in [0.29, 0.717) is 11.1 Å². The maximum absolute atomic E-state index is 9.69. The van der Waals surface area contributed by atoms with Gasteiger partial charge in [-0.25, -0.2) is 0 Å². The molecular weight excluding hydrogens is 402 g/mol. The number of hydrogen-bond donors (Lipinski definition) is 0. The van der Waals surface area contributed by atoms with Crippen LogP contribution in [0.5, 0.6) is 0 Å². The molecule has 0 radical (unpaired) electrons. The fourth-order valence-corrected chi connectivity index (χ4v) is 5.51. The van der Waals surface area contributed by atoms with Gasteiger partial charge < -0.3 is 4.90 Å². The number of nitrogens with zero attached hydrogens (tertiary/aromatic N) is 3. The molecule has 0 saturated carbocycles. The van der Waals surface area contributed by atoms with Gasteiger partial charge in [-0.1, -0.05) is 58.0 Å². The van der Waals surface area contributed by atoms with Crippen molar-refractivity contribution < 1.29 is 0 Å². The minimum Gasteiger partial charge on any atom is -0.371 e. The number of anilines is 1. The molecule has 3 heteroatoms. The zero-order valence-electron chi connectivity index (χ0n) is 19.9. The summed E-state index contributed by atoms with van der Waals surface area (Å²) < 4.78 is 0. The van der Waals surface area contributed by atoms with Crippen LogP contribution < -0.4 is 4.90 Å². The smallest absolute Gasteiger partial charge is 0.0998 e. The fraction of sp³-hybridized carbons (Fsp3) is 0.333. The van der Waals surface area contributed by atoms with E-state index < -0.39 is 0 Å². The summed E-state index contributed by atoms with van der Waals surface area (Å²) in [6.07, 6.45) is 6.60. The zero-order chi connectivity index (χ0) is 23.4. The topological polar surface area (TPSA) is 50.8 Å². The Hall–Kier alpha value is -3.56. The predicted octanol–water partition coefficient (Wildman–Crippen LogP) is 6.92. The highest BCUT2D eigenvalue weighted by Gasteiger charge is 2.39. The Morgan fingerprint density at radius 3 is 2.06 bits per heavy atom. The Morgan fingerprint density at radius 1 is 0.818 bits per heavy atom. The number of nitriles is 2. The lowest BCUT2D eigenvalue weighted by molar-refractivity contribution is 0.401. The van der Waals surface area contributed by atoms with E-state index in [4.69, 9.17) is 0 Å². The SMILES string of the molecule is CC1(C)CCN2CCC(C)(C)c3cc(/C=C/c4ccc(C#N)c5cccc(C#N)c45)cc1c32. The van der Waals surface area contributed by atoms with Gasteiger partial charge in [0.25, 0.3) is 0 Å². The number of benzene rings is 3. The standard InChI is InChI=1S/C30H29N3/c1-29(2)12-14-33-15-13-30(3,4)26-17-20(16-25(29)28(26)33)8-9-21-10-11-22(18-31)24-7-5-6-23(19-32)27(21)24/h5-11,16-17H,12-15H2,1-4H3/b9-8+. The molecule has 0 unspecified atom stereocenters. The van der Waals surface area contributed by atoms with Crippen LogP contribution in [0.3, 0.4) is 0 Å². The molecule has 3 nitrogen and oxygen atoms in total. The van der Waals surface area contributed by atoms with Crippen molar-refractivity contribution >= 4 is 28.6 Å². The monoisotopic (exact) mass is 431 g/mol. The molecule has 33 heavy (non-hydrogen) atoms. The molecule has 0 fully saturated rings. The Bertz CT molecular complexity index is 1350. The molecule has 2 aliphatic heterocycles. The van der Waals surface area contributed by atoms with Crippen LogP contribution in [0.2, 0.25) is 0 Å². The Labute approximate surface area is 196 Å². The number of hydrogen-bond acceptors (Lipinski definition) is 3. The van der Waals surface area contributed by atoms with Gasteiger partial charge in [-0.15, -0.1) is 0 Å². The minimum atomic E-state index is 0.146. The average molecular weight is 432 g/mol. The summed E-state index contributed by atoms with van der Waals surface area (Å²) in [6, 6.07) is 18.7. The molecular formula is C30H29N3. The van der Waals surface area contributed by atoms with Gasteiger partial charge in [0.1, 0.15) is 0 Å². The molecule has 0 aromatic heterocycles. The highest BCUT2D eigenvalue weighted by molar-refractivity contribution is 5.99. The largest absolute Gasteiger partial charge is 0.371 e. The van der Waals surface area contributed by atoms with Crippen LogP contribution in [0.4, 0.5) is 5.69 Å². The molecule has 3 aromatic carbocycles. The van der Waals surface area contributed by atoms with Crippen LogP contribution >= 0.6 is 0 Å². The molecule has 0 atom stereocenters. The van der Waals surface area contributed by atoms with E-state index in [-0.39, 0.29) is 10.8 Å². The van der Waals surface area contributed by atoms with Gasteiger partial charge in [-0.2, -0.15) is 10.5 Å². The van der Waals surface area contributed by atoms with Crippen LogP contribution in [0.25, 0.3) is 22.9 Å². The normalized spacial score (nSPS) is 18.1. The molecule has 0 spiro atoms. The van der Waals surface area contributed by atoms with Gasteiger partial charge in [-0.05, 0) is 70.2 Å². The van der Waals surface area contributed by atoms with Gasteiger partial charge in [0.05, 0.1) is 23.3 Å². The van der Waals surface area contributed by atoms with Crippen LogP contribution in [0.15, 0.2) is 42.5 Å². The van der Waals surface area contributed by atoms with Crippen molar-refractivity contribution in [2.24, 2.45) is 0 Å². The predicted molar refractivity (Wildman–Crippen MR) is 136 cm³/mol. The Kier molecular flexibility index (Phi) is 4.84. The van der Waals surface area contributed by atoms with Crippen LogP contribution in [-0.2, 0) is 10.8 Å². The van der Waals surface area contributed by atoms with Crippen molar-refractivity contribution in [1.82, 2.24) is 0 Å². The lowest BCUT2D eigenvalue weighted by Crippen LogP contribution is -2.44. The van der Waals surface area contributed by atoms with E-state index in [1.807, 2.05) is 30.3 Å². The van der Waals surface area contributed by atoms with Crippen LogP contribution in [-0.4, -0.2) is 13.1 Å². The molecule has 5 rings (SSSR count). The summed E-state index contributed by atoms with van der Waals surface area (Å²) in [4.78, 5) is 2.59. The van der Waals surface area contributed by atoms with Crippen molar-refractivity contribution in [2.45, 2.75) is 51.4 Å². The van der Waals surface area contributed by atoms with Gasteiger partial charge in [0.15, 0.2) is 0 Å². The molecule has 0 bridgehead atoms. The quantitative estimate of drug-likeness (QED) is 0.414. The highest BCUT2D eigenvalue weighted by atomic mass is 15.2. The summed E-state index contributed by atoms with van der Waals surface area (Å²) >= 11 is 0. The molecule has 164 valence electrons. The Morgan fingerprint density at radius 2 is 1.45 bits per heavy atom. The maximum atomic E-state index is 9.69. The van der Waals surface area contributed by atoms with E-state index >= 15 is 0 Å². The molecule has 2 aliphatic rings. The minimum absolute atomic E-state index is 0.146. The van der Waals surface area contributed by atoms with Crippen LogP contribution in [0, 0.1) is 22.7 Å². The van der Waals surface area contributed by atoms with Gasteiger partial charge >= 0.3 is 0 Å². The zero-order valence-corrected chi connectivity index (χ0v) is 19.9. The second-order valence-electron chi connectivity index (χ2n) is 10.7. The first-order valence-electron chi connectivity index (χ1n) is 11.7. The first-order valence-corrected chi connectivity index (χ1v) is 11.7.